The summed E-state index contributed by atoms with van der Waals surface area (Å²) in [7, 11) is 0. The molecule has 0 aliphatic rings. The van der Waals surface area contributed by atoms with Crippen molar-refractivity contribution >= 4 is 33.5 Å². The number of halogens is 2. The molecule has 0 heterocycles. The van der Waals surface area contributed by atoms with Crippen LogP contribution in [0.25, 0.3) is 0 Å². The first-order chi connectivity index (χ1) is 8.66. The second-order valence-electron chi connectivity index (χ2n) is 3.65. The van der Waals surface area contributed by atoms with Crippen LogP contribution in [-0.4, -0.2) is 11.5 Å². The predicted molar refractivity (Wildman–Crippen MR) is 75.6 cm³/mol. The summed E-state index contributed by atoms with van der Waals surface area (Å²) in [5.74, 6) is 0.127. The summed E-state index contributed by atoms with van der Waals surface area (Å²) in [6, 6.07) is 13.5. The molecule has 18 heavy (non-hydrogen) atoms. The maximum atomic E-state index is 12.7. The van der Waals surface area contributed by atoms with Crippen molar-refractivity contribution in [2.45, 2.75) is 4.90 Å². The van der Waals surface area contributed by atoms with E-state index in [1.54, 1.807) is 18.2 Å². The largest absolute Gasteiger partial charge is 0.293 e. The minimum atomic E-state index is -0.267. The van der Waals surface area contributed by atoms with Crippen LogP contribution in [-0.2, 0) is 0 Å². The van der Waals surface area contributed by atoms with Crippen LogP contribution in [0.2, 0.25) is 0 Å². The predicted octanol–water partition coefficient (Wildman–Crippen LogP) is 4.56. The molecule has 2 aromatic carbocycles. The van der Waals surface area contributed by atoms with Crippen LogP contribution in [0.3, 0.4) is 0 Å². The average Bonchev–Trinajstić information content (AvgIpc) is 2.38. The lowest BCUT2D eigenvalue weighted by atomic mass is 10.1. The van der Waals surface area contributed by atoms with Crippen LogP contribution in [0.4, 0.5) is 4.39 Å². The van der Waals surface area contributed by atoms with Gasteiger partial charge in [-0.1, -0.05) is 34.1 Å². The van der Waals surface area contributed by atoms with Gasteiger partial charge in [-0.2, -0.15) is 0 Å². The Bertz CT molecular complexity index is 554. The van der Waals surface area contributed by atoms with Gasteiger partial charge in [-0.3, -0.25) is 4.79 Å². The summed E-state index contributed by atoms with van der Waals surface area (Å²) in [5, 5.41) is 0. The number of hydrogen-bond acceptors (Lipinski definition) is 2. The summed E-state index contributed by atoms with van der Waals surface area (Å²) >= 11 is 4.76. The lowest BCUT2D eigenvalue weighted by molar-refractivity contribution is 0.102. The van der Waals surface area contributed by atoms with Crippen LogP contribution in [0, 0.1) is 5.82 Å². The van der Waals surface area contributed by atoms with E-state index in [4.69, 9.17) is 0 Å². The van der Waals surface area contributed by atoms with Gasteiger partial charge in [0.15, 0.2) is 5.78 Å². The topological polar surface area (TPSA) is 17.1 Å². The third-order valence-corrected chi connectivity index (χ3v) is 4.06. The Balaban J connectivity index is 2.01. The first-order valence-electron chi connectivity index (χ1n) is 5.33. The molecule has 4 heteroatoms. The zero-order valence-electron chi connectivity index (χ0n) is 9.40. The fraction of sp³-hybridized carbons (Fsp3) is 0.0714. The number of ketones is 1. The lowest BCUT2D eigenvalue weighted by Crippen LogP contribution is -2.03. The van der Waals surface area contributed by atoms with Gasteiger partial charge >= 0.3 is 0 Å². The number of thioether (sulfide) groups is 1. The highest BCUT2D eigenvalue weighted by atomic mass is 79.9. The molecular formula is C14H10BrFOS. The van der Waals surface area contributed by atoms with E-state index in [9.17, 15) is 9.18 Å². The fourth-order valence-electron chi connectivity index (χ4n) is 1.44. The molecule has 0 bridgehead atoms. The van der Waals surface area contributed by atoms with Gasteiger partial charge in [0.2, 0.25) is 0 Å². The van der Waals surface area contributed by atoms with E-state index in [0.717, 1.165) is 9.37 Å². The van der Waals surface area contributed by atoms with Gasteiger partial charge in [-0.15, -0.1) is 11.8 Å². The van der Waals surface area contributed by atoms with Crippen molar-refractivity contribution < 1.29 is 9.18 Å². The van der Waals surface area contributed by atoms with E-state index in [1.165, 1.54) is 23.9 Å². The standard InChI is InChI=1S/C14H10BrFOS/c15-13-4-2-1-3-12(13)14(17)9-18-11-7-5-10(16)6-8-11/h1-8H,9H2. The summed E-state index contributed by atoms with van der Waals surface area (Å²) in [6.07, 6.45) is 0. The third kappa shape index (κ3) is 3.43. The van der Waals surface area contributed by atoms with Crippen molar-refractivity contribution in [3.8, 4) is 0 Å². The molecule has 0 N–H and O–H groups in total. The summed E-state index contributed by atoms with van der Waals surface area (Å²) in [6.45, 7) is 0. The quantitative estimate of drug-likeness (QED) is 0.605. The molecule has 0 atom stereocenters. The molecule has 0 radical (unpaired) electrons. The Morgan fingerprint density at radius 3 is 2.44 bits per heavy atom. The van der Waals surface area contributed by atoms with Crippen molar-refractivity contribution in [3.05, 3.63) is 64.4 Å². The molecular weight excluding hydrogens is 315 g/mol. The molecule has 0 saturated carbocycles. The summed E-state index contributed by atoms with van der Waals surface area (Å²) in [5.41, 5.74) is 0.673. The van der Waals surface area contributed by atoms with Crippen molar-refractivity contribution in [1.29, 1.82) is 0 Å². The average molecular weight is 325 g/mol. The molecule has 0 fully saturated rings. The smallest absolute Gasteiger partial charge is 0.174 e. The molecule has 2 rings (SSSR count). The van der Waals surface area contributed by atoms with E-state index in [2.05, 4.69) is 15.9 Å². The SMILES string of the molecule is O=C(CSc1ccc(F)cc1)c1ccccc1Br. The number of carbonyl (C=O) groups is 1. The molecule has 0 aliphatic heterocycles. The molecule has 0 spiro atoms. The van der Waals surface area contributed by atoms with E-state index < -0.39 is 0 Å². The second-order valence-corrected chi connectivity index (χ2v) is 5.55. The molecule has 1 nitrogen and oxygen atoms in total. The number of benzene rings is 2. The Labute approximate surface area is 118 Å². The van der Waals surface area contributed by atoms with Gasteiger partial charge in [0.1, 0.15) is 5.82 Å². The highest BCUT2D eigenvalue weighted by Crippen LogP contribution is 2.22. The van der Waals surface area contributed by atoms with Gasteiger partial charge in [0, 0.05) is 14.9 Å². The van der Waals surface area contributed by atoms with Crippen LogP contribution in [0.1, 0.15) is 10.4 Å². The Morgan fingerprint density at radius 2 is 1.78 bits per heavy atom. The minimum absolute atomic E-state index is 0.0526. The fourth-order valence-corrected chi connectivity index (χ4v) is 2.73. The van der Waals surface area contributed by atoms with E-state index in [1.807, 2.05) is 18.2 Å². The second kappa shape index (κ2) is 6.16. The van der Waals surface area contributed by atoms with Crippen molar-refractivity contribution in [2.24, 2.45) is 0 Å². The maximum Gasteiger partial charge on any atom is 0.174 e. The third-order valence-electron chi connectivity index (χ3n) is 2.36. The molecule has 0 amide bonds. The summed E-state index contributed by atoms with van der Waals surface area (Å²) in [4.78, 5) is 12.9. The zero-order valence-corrected chi connectivity index (χ0v) is 11.8. The Morgan fingerprint density at radius 1 is 1.11 bits per heavy atom. The van der Waals surface area contributed by atoms with E-state index >= 15 is 0 Å². The lowest BCUT2D eigenvalue weighted by Gasteiger charge is -2.03. The minimum Gasteiger partial charge on any atom is -0.293 e. The van der Waals surface area contributed by atoms with Crippen molar-refractivity contribution in [1.82, 2.24) is 0 Å². The van der Waals surface area contributed by atoms with Crippen LogP contribution in [0.5, 0.6) is 0 Å². The monoisotopic (exact) mass is 324 g/mol. The Hall–Kier alpha value is -1.13. The van der Waals surface area contributed by atoms with E-state index in [-0.39, 0.29) is 11.6 Å². The van der Waals surface area contributed by atoms with Crippen LogP contribution in [0.15, 0.2) is 57.9 Å². The van der Waals surface area contributed by atoms with Crippen LogP contribution < -0.4 is 0 Å². The number of Topliss-reactive ketones (excluding diaryl/α,β-unsaturated/α-hetero) is 1. The molecule has 0 aliphatic carbocycles. The normalized spacial score (nSPS) is 10.3. The molecule has 2 aromatic rings. The van der Waals surface area contributed by atoms with Gasteiger partial charge in [0.25, 0.3) is 0 Å². The van der Waals surface area contributed by atoms with Gasteiger partial charge in [-0.25, -0.2) is 4.39 Å². The first-order valence-corrected chi connectivity index (χ1v) is 7.11. The van der Waals surface area contributed by atoms with Gasteiger partial charge < -0.3 is 0 Å². The first kappa shape index (κ1) is 13.3. The Kier molecular flexibility index (Phi) is 4.55. The van der Waals surface area contributed by atoms with Crippen LogP contribution >= 0.6 is 27.7 Å². The highest BCUT2D eigenvalue weighted by molar-refractivity contribution is 9.10. The molecule has 92 valence electrons. The zero-order chi connectivity index (χ0) is 13.0. The molecule has 0 unspecified atom stereocenters. The number of rotatable bonds is 4. The van der Waals surface area contributed by atoms with Gasteiger partial charge in [-0.05, 0) is 30.3 Å². The number of hydrogen-bond donors (Lipinski definition) is 0. The highest BCUT2D eigenvalue weighted by Gasteiger charge is 2.09. The van der Waals surface area contributed by atoms with Crippen molar-refractivity contribution in [2.75, 3.05) is 5.75 Å². The van der Waals surface area contributed by atoms with Crippen molar-refractivity contribution in [3.63, 3.8) is 0 Å². The van der Waals surface area contributed by atoms with E-state index in [0.29, 0.717) is 11.3 Å². The molecule has 0 aromatic heterocycles. The summed E-state index contributed by atoms with van der Waals surface area (Å²) < 4.78 is 13.5. The molecule has 0 saturated heterocycles. The number of carbonyl (C=O) groups excluding carboxylic acids is 1. The van der Waals surface area contributed by atoms with Gasteiger partial charge in [0.05, 0.1) is 5.75 Å². The maximum absolute atomic E-state index is 12.7.